The summed E-state index contributed by atoms with van der Waals surface area (Å²) in [5, 5.41) is 3.74. The fourth-order valence-corrected chi connectivity index (χ4v) is 3.50. The first-order valence-corrected chi connectivity index (χ1v) is 9.36. The Morgan fingerprint density at radius 1 is 0.917 bits per heavy atom. The smallest absolute Gasteiger partial charge is 0.0208 e. The summed E-state index contributed by atoms with van der Waals surface area (Å²) in [7, 11) is 0. The van der Waals surface area contributed by atoms with Crippen LogP contribution in [0.15, 0.2) is 48.5 Å². The lowest BCUT2D eigenvalue weighted by Crippen LogP contribution is -2.42. The van der Waals surface area contributed by atoms with Crippen molar-refractivity contribution < 1.29 is 0 Å². The molecule has 2 aromatic rings. The molecule has 1 aliphatic heterocycles. The molecule has 0 amide bonds. The van der Waals surface area contributed by atoms with E-state index in [0.29, 0.717) is 6.04 Å². The van der Waals surface area contributed by atoms with Crippen molar-refractivity contribution >= 4 is 0 Å². The Balaban J connectivity index is 1.49. The summed E-state index contributed by atoms with van der Waals surface area (Å²) < 4.78 is 0. The third kappa shape index (κ3) is 4.68. The highest BCUT2D eigenvalue weighted by molar-refractivity contribution is 5.63. The van der Waals surface area contributed by atoms with Crippen LogP contribution < -0.4 is 5.32 Å². The highest BCUT2D eigenvalue weighted by Crippen LogP contribution is 2.20. The second kappa shape index (κ2) is 8.46. The third-order valence-electron chi connectivity index (χ3n) is 5.06. The molecule has 2 aromatic carbocycles. The van der Waals surface area contributed by atoms with Gasteiger partial charge in [0.25, 0.3) is 0 Å². The minimum atomic E-state index is 0.676. The molecule has 2 heteroatoms. The maximum atomic E-state index is 3.74. The summed E-state index contributed by atoms with van der Waals surface area (Å²) in [6, 6.07) is 18.4. The van der Waals surface area contributed by atoms with Gasteiger partial charge in [-0.1, -0.05) is 61.0 Å². The first kappa shape index (κ1) is 17.2. The fraction of sp³-hybridized carbons (Fsp3) is 0.455. The van der Waals surface area contributed by atoms with E-state index in [0.717, 1.165) is 6.54 Å². The number of nitrogens with zero attached hydrogens (tertiary/aromatic N) is 1. The topological polar surface area (TPSA) is 15.3 Å². The van der Waals surface area contributed by atoms with Gasteiger partial charge < -0.3 is 10.2 Å². The molecule has 0 saturated carbocycles. The maximum absolute atomic E-state index is 3.74. The summed E-state index contributed by atoms with van der Waals surface area (Å²) in [6.45, 7) is 9.13. The molecule has 24 heavy (non-hydrogen) atoms. The minimum Gasteiger partial charge on any atom is -0.310 e. The molecule has 0 spiro atoms. The monoisotopic (exact) mass is 322 g/mol. The molecular formula is C22H30N2. The average molecular weight is 322 g/mol. The molecule has 0 unspecified atom stereocenters. The van der Waals surface area contributed by atoms with Gasteiger partial charge in [0.2, 0.25) is 0 Å². The lowest BCUT2D eigenvalue weighted by Gasteiger charge is -2.32. The van der Waals surface area contributed by atoms with Gasteiger partial charge in [-0.3, -0.25) is 0 Å². The van der Waals surface area contributed by atoms with Gasteiger partial charge in [0, 0.05) is 12.6 Å². The predicted octanol–water partition coefficient (Wildman–Crippen LogP) is 4.63. The van der Waals surface area contributed by atoms with Gasteiger partial charge in [-0.25, -0.2) is 0 Å². The number of aryl methyl sites for hydroxylation is 1. The Hall–Kier alpha value is -1.64. The lowest BCUT2D eigenvalue weighted by atomic mass is 10.0. The van der Waals surface area contributed by atoms with Crippen molar-refractivity contribution in [2.75, 3.05) is 19.6 Å². The summed E-state index contributed by atoms with van der Waals surface area (Å²) >= 11 is 0. The molecule has 1 fully saturated rings. The van der Waals surface area contributed by atoms with Crippen molar-refractivity contribution in [1.29, 1.82) is 0 Å². The normalized spacial score (nSPS) is 16.4. The molecule has 128 valence electrons. The molecule has 1 N–H and O–H groups in total. The Labute approximate surface area is 146 Å². The second-order valence-corrected chi connectivity index (χ2v) is 7.06. The number of hydrogen-bond donors (Lipinski definition) is 1. The van der Waals surface area contributed by atoms with E-state index in [1.54, 1.807) is 0 Å². The van der Waals surface area contributed by atoms with Crippen LogP contribution in [0.25, 0.3) is 11.1 Å². The third-order valence-corrected chi connectivity index (χ3v) is 5.06. The summed E-state index contributed by atoms with van der Waals surface area (Å²) in [5.74, 6) is 0. The number of nitrogens with one attached hydrogen (secondary N) is 1. The zero-order valence-electron chi connectivity index (χ0n) is 15.1. The van der Waals surface area contributed by atoms with Crippen LogP contribution in [0.2, 0.25) is 0 Å². The summed E-state index contributed by atoms with van der Waals surface area (Å²) in [6.07, 6.45) is 3.83. The van der Waals surface area contributed by atoms with Crippen molar-refractivity contribution in [3.05, 3.63) is 59.7 Å². The maximum Gasteiger partial charge on any atom is 0.0208 e. The lowest BCUT2D eigenvalue weighted by molar-refractivity contribution is 0.197. The molecule has 2 nitrogen and oxygen atoms in total. The van der Waals surface area contributed by atoms with Crippen LogP contribution in [0.5, 0.6) is 0 Å². The average Bonchev–Trinajstić information content (AvgIpc) is 2.63. The highest BCUT2D eigenvalue weighted by Gasteiger charge is 2.17. The van der Waals surface area contributed by atoms with E-state index in [1.165, 1.54) is 61.2 Å². The van der Waals surface area contributed by atoms with Crippen LogP contribution in [-0.4, -0.2) is 30.6 Å². The predicted molar refractivity (Wildman–Crippen MR) is 103 cm³/mol. The molecule has 1 saturated heterocycles. The van der Waals surface area contributed by atoms with Gasteiger partial charge >= 0.3 is 0 Å². The number of likely N-dealkylation sites (tertiary alicyclic amines) is 1. The summed E-state index contributed by atoms with van der Waals surface area (Å²) in [5.41, 5.74) is 5.28. The standard InChI is InChI=1S/C22H30N2/c1-3-14-24-15-12-22(13-16-24)23-17-19-6-10-21(11-7-19)20-8-4-18(2)5-9-20/h4-11,22-23H,3,12-17H2,1-2H3. The Kier molecular flexibility index (Phi) is 6.06. The van der Waals surface area contributed by atoms with Gasteiger partial charge in [0.1, 0.15) is 0 Å². The molecule has 1 aliphatic rings. The molecule has 0 aliphatic carbocycles. The Bertz CT molecular complexity index is 607. The van der Waals surface area contributed by atoms with Gasteiger partial charge in [-0.15, -0.1) is 0 Å². The van der Waals surface area contributed by atoms with Crippen LogP contribution in [0.4, 0.5) is 0 Å². The Morgan fingerprint density at radius 3 is 2.08 bits per heavy atom. The van der Waals surface area contributed by atoms with Crippen molar-refractivity contribution in [1.82, 2.24) is 10.2 Å². The SMILES string of the molecule is CCCN1CCC(NCc2ccc(-c3ccc(C)cc3)cc2)CC1. The Morgan fingerprint density at radius 2 is 1.50 bits per heavy atom. The largest absolute Gasteiger partial charge is 0.310 e. The number of rotatable bonds is 6. The molecule has 0 atom stereocenters. The molecule has 0 radical (unpaired) electrons. The number of benzene rings is 2. The van der Waals surface area contributed by atoms with Crippen molar-refractivity contribution in [3.8, 4) is 11.1 Å². The zero-order valence-corrected chi connectivity index (χ0v) is 15.1. The quantitative estimate of drug-likeness (QED) is 0.834. The molecule has 0 aromatic heterocycles. The highest BCUT2D eigenvalue weighted by atomic mass is 15.1. The van der Waals surface area contributed by atoms with Crippen molar-refractivity contribution in [2.24, 2.45) is 0 Å². The van der Waals surface area contributed by atoms with Gasteiger partial charge in [-0.2, -0.15) is 0 Å². The van der Waals surface area contributed by atoms with Crippen LogP contribution in [0.3, 0.4) is 0 Å². The van der Waals surface area contributed by atoms with E-state index in [-0.39, 0.29) is 0 Å². The van der Waals surface area contributed by atoms with Gasteiger partial charge in [-0.05, 0) is 62.5 Å². The van der Waals surface area contributed by atoms with Gasteiger partial charge in [0.15, 0.2) is 0 Å². The first-order chi connectivity index (χ1) is 11.7. The molecule has 1 heterocycles. The van der Waals surface area contributed by atoms with E-state index in [2.05, 4.69) is 72.6 Å². The van der Waals surface area contributed by atoms with Gasteiger partial charge in [0.05, 0.1) is 0 Å². The zero-order chi connectivity index (χ0) is 16.8. The van der Waals surface area contributed by atoms with Crippen LogP contribution >= 0.6 is 0 Å². The number of piperidine rings is 1. The van der Waals surface area contributed by atoms with E-state index >= 15 is 0 Å². The van der Waals surface area contributed by atoms with E-state index in [4.69, 9.17) is 0 Å². The molecule has 0 bridgehead atoms. The van der Waals surface area contributed by atoms with Crippen LogP contribution in [0.1, 0.15) is 37.3 Å². The number of hydrogen-bond acceptors (Lipinski definition) is 2. The molecule has 3 rings (SSSR count). The second-order valence-electron chi connectivity index (χ2n) is 7.06. The first-order valence-electron chi connectivity index (χ1n) is 9.36. The van der Waals surface area contributed by atoms with E-state index in [1.807, 2.05) is 0 Å². The summed E-state index contributed by atoms with van der Waals surface area (Å²) in [4.78, 5) is 2.59. The minimum absolute atomic E-state index is 0.676. The van der Waals surface area contributed by atoms with Crippen LogP contribution in [-0.2, 0) is 6.54 Å². The van der Waals surface area contributed by atoms with Crippen LogP contribution in [0, 0.1) is 6.92 Å². The molecular weight excluding hydrogens is 292 g/mol. The van der Waals surface area contributed by atoms with Crippen molar-refractivity contribution in [3.63, 3.8) is 0 Å². The fourth-order valence-electron chi connectivity index (χ4n) is 3.50. The van der Waals surface area contributed by atoms with E-state index in [9.17, 15) is 0 Å². The van der Waals surface area contributed by atoms with E-state index < -0.39 is 0 Å². The van der Waals surface area contributed by atoms with Crippen molar-refractivity contribution in [2.45, 2.75) is 45.7 Å².